The second kappa shape index (κ2) is 7.47. The summed E-state index contributed by atoms with van der Waals surface area (Å²) in [5.74, 6) is 0.402. The number of hydrogen-bond donors (Lipinski definition) is 0. The molecule has 31 heavy (non-hydrogen) atoms. The Bertz CT molecular complexity index is 1180. The lowest BCUT2D eigenvalue weighted by Gasteiger charge is -2.19. The minimum Gasteiger partial charge on any atom is -0.497 e. The summed E-state index contributed by atoms with van der Waals surface area (Å²) in [7, 11) is 1.54. The summed E-state index contributed by atoms with van der Waals surface area (Å²) in [5, 5.41) is 13.9. The molecule has 0 radical (unpaired) electrons. The maximum atomic E-state index is 13.0. The van der Waals surface area contributed by atoms with E-state index in [1.54, 1.807) is 55.6 Å². The van der Waals surface area contributed by atoms with Crippen molar-refractivity contribution in [3.8, 4) is 17.1 Å². The van der Waals surface area contributed by atoms with Crippen LogP contribution in [0.1, 0.15) is 5.89 Å². The molecule has 2 amide bonds. The van der Waals surface area contributed by atoms with Crippen LogP contribution >= 0.6 is 11.6 Å². The molecule has 5 rings (SSSR count). The number of hydrogen-bond acceptors (Lipinski definition) is 9. The molecule has 0 aliphatic carbocycles. The Morgan fingerprint density at radius 2 is 1.81 bits per heavy atom. The minimum absolute atomic E-state index is 0.0424. The fourth-order valence-electron chi connectivity index (χ4n) is 3.51. The second-order valence-electron chi connectivity index (χ2n) is 6.92. The van der Waals surface area contributed by atoms with E-state index in [0.717, 1.165) is 10.5 Å². The number of imide groups is 1. The number of benzene rings is 2. The summed E-state index contributed by atoms with van der Waals surface area (Å²) < 4.78 is 10.4. The van der Waals surface area contributed by atoms with Crippen LogP contribution < -0.4 is 9.64 Å². The number of fused-ring (bicyclic) bond motifs is 1. The van der Waals surface area contributed by atoms with E-state index in [1.165, 1.54) is 5.01 Å². The normalized spacial score (nSPS) is 19.9. The summed E-state index contributed by atoms with van der Waals surface area (Å²) in [6, 6.07) is 11.9. The molecule has 0 spiro atoms. The molecule has 2 unspecified atom stereocenters. The summed E-state index contributed by atoms with van der Waals surface area (Å²) >= 11 is 5.90. The maximum absolute atomic E-state index is 13.0. The first-order chi connectivity index (χ1) is 15.0. The minimum atomic E-state index is -0.909. The number of carbonyl (C=O) groups is 2. The van der Waals surface area contributed by atoms with Gasteiger partial charge < -0.3 is 9.26 Å². The zero-order valence-electron chi connectivity index (χ0n) is 16.2. The van der Waals surface area contributed by atoms with E-state index in [0.29, 0.717) is 22.3 Å². The van der Waals surface area contributed by atoms with E-state index >= 15 is 0 Å². The Balaban J connectivity index is 1.34. The molecule has 2 aliphatic heterocycles. The van der Waals surface area contributed by atoms with Crippen molar-refractivity contribution in [2.24, 2.45) is 10.3 Å². The lowest BCUT2D eigenvalue weighted by molar-refractivity contribution is -0.123. The quantitative estimate of drug-likeness (QED) is 0.562. The number of amides is 2. The number of methoxy groups -OCH3 is 1. The molecule has 156 valence electrons. The third-order valence-corrected chi connectivity index (χ3v) is 5.31. The Labute approximate surface area is 181 Å². The smallest absolute Gasteiger partial charge is 0.263 e. The molecular weight excluding hydrogens is 424 g/mol. The molecule has 0 bridgehead atoms. The highest BCUT2D eigenvalue weighted by Gasteiger charge is 2.55. The van der Waals surface area contributed by atoms with E-state index in [-0.39, 0.29) is 12.4 Å². The molecule has 0 N–H and O–H groups in total. The summed E-state index contributed by atoms with van der Waals surface area (Å²) in [4.78, 5) is 31.3. The number of anilines is 1. The van der Waals surface area contributed by atoms with Gasteiger partial charge in [-0.05, 0) is 48.5 Å². The largest absolute Gasteiger partial charge is 0.497 e. The van der Waals surface area contributed by atoms with Crippen LogP contribution in [-0.4, -0.2) is 46.2 Å². The molecule has 2 atom stereocenters. The molecule has 3 heterocycles. The number of nitrogens with zero attached hydrogens (tertiary/aromatic N) is 6. The van der Waals surface area contributed by atoms with Gasteiger partial charge in [0, 0.05) is 10.6 Å². The lowest BCUT2D eigenvalue weighted by atomic mass is 10.1. The van der Waals surface area contributed by atoms with E-state index in [4.69, 9.17) is 20.9 Å². The van der Waals surface area contributed by atoms with E-state index < -0.39 is 23.9 Å². The molecule has 2 aromatic carbocycles. The van der Waals surface area contributed by atoms with Crippen LogP contribution in [0, 0.1) is 0 Å². The lowest BCUT2D eigenvalue weighted by Crippen LogP contribution is -2.39. The predicted molar refractivity (Wildman–Crippen MR) is 108 cm³/mol. The van der Waals surface area contributed by atoms with Crippen molar-refractivity contribution in [2.75, 3.05) is 12.0 Å². The van der Waals surface area contributed by atoms with Crippen LogP contribution in [0.25, 0.3) is 11.4 Å². The Morgan fingerprint density at radius 3 is 2.52 bits per heavy atom. The van der Waals surface area contributed by atoms with E-state index in [9.17, 15) is 9.59 Å². The Hall–Kier alpha value is -3.79. The first-order valence-corrected chi connectivity index (χ1v) is 9.71. The Kier molecular flexibility index (Phi) is 4.63. The highest BCUT2D eigenvalue weighted by molar-refractivity contribution is 6.30. The van der Waals surface area contributed by atoms with Gasteiger partial charge in [0.25, 0.3) is 11.8 Å². The zero-order valence-corrected chi connectivity index (χ0v) is 16.9. The van der Waals surface area contributed by atoms with Crippen molar-refractivity contribution in [1.29, 1.82) is 0 Å². The van der Waals surface area contributed by atoms with Crippen molar-refractivity contribution in [3.05, 3.63) is 59.4 Å². The van der Waals surface area contributed by atoms with Crippen LogP contribution in [0.4, 0.5) is 5.69 Å². The van der Waals surface area contributed by atoms with Gasteiger partial charge in [-0.3, -0.25) is 14.6 Å². The number of halogens is 1. The topological polar surface area (TPSA) is 113 Å². The van der Waals surface area contributed by atoms with Crippen molar-refractivity contribution < 1.29 is 18.8 Å². The van der Waals surface area contributed by atoms with Gasteiger partial charge in [0.05, 0.1) is 12.8 Å². The zero-order chi connectivity index (χ0) is 21.5. The van der Waals surface area contributed by atoms with Crippen LogP contribution in [-0.2, 0) is 16.1 Å². The third kappa shape index (κ3) is 3.30. The van der Waals surface area contributed by atoms with Gasteiger partial charge >= 0.3 is 0 Å². The van der Waals surface area contributed by atoms with Gasteiger partial charge in [-0.2, -0.15) is 10.1 Å². The van der Waals surface area contributed by atoms with Gasteiger partial charge in [-0.25, -0.2) is 4.90 Å². The highest BCUT2D eigenvalue weighted by Crippen LogP contribution is 2.33. The highest BCUT2D eigenvalue weighted by atomic mass is 35.5. The molecule has 1 fully saturated rings. The molecule has 1 saturated heterocycles. The predicted octanol–water partition coefficient (Wildman–Crippen LogP) is 2.89. The van der Waals surface area contributed by atoms with Crippen LogP contribution in [0.3, 0.4) is 0 Å². The average molecular weight is 439 g/mol. The van der Waals surface area contributed by atoms with Crippen LogP contribution in [0.5, 0.6) is 5.75 Å². The van der Waals surface area contributed by atoms with Gasteiger partial charge in [0.1, 0.15) is 12.3 Å². The van der Waals surface area contributed by atoms with Gasteiger partial charge in [-0.1, -0.05) is 22.0 Å². The molecule has 2 aliphatic rings. The molecule has 11 heteroatoms. The fraction of sp³-hybridized carbons (Fsp3) is 0.200. The van der Waals surface area contributed by atoms with Gasteiger partial charge in [-0.15, -0.1) is 0 Å². The van der Waals surface area contributed by atoms with Gasteiger partial charge in [0.15, 0.2) is 12.1 Å². The molecule has 3 aromatic rings. The summed E-state index contributed by atoms with van der Waals surface area (Å²) in [6.07, 6.45) is 0. The summed E-state index contributed by atoms with van der Waals surface area (Å²) in [5.41, 5.74) is 1.18. The van der Waals surface area contributed by atoms with Crippen molar-refractivity contribution in [3.63, 3.8) is 0 Å². The van der Waals surface area contributed by atoms with Crippen molar-refractivity contribution in [1.82, 2.24) is 15.1 Å². The third-order valence-electron chi connectivity index (χ3n) is 5.06. The number of rotatable bonds is 5. The van der Waals surface area contributed by atoms with Crippen molar-refractivity contribution in [2.45, 2.75) is 18.6 Å². The summed E-state index contributed by atoms with van der Waals surface area (Å²) in [6.45, 7) is 0.0424. The first kappa shape index (κ1) is 19.2. The van der Waals surface area contributed by atoms with Gasteiger partial charge in [0.2, 0.25) is 11.7 Å². The maximum Gasteiger partial charge on any atom is 0.263 e. The van der Waals surface area contributed by atoms with Crippen LogP contribution in [0.15, 0.2) is 63.4 Å². The van der Waals surface area contributed by atoms with E-state index in [1.807, 2.05) is 0 Å². The fourth-order valence-corrected chi connectivity index (χ4v) is 3.64. The molecule has 10 nitrogen and oxygen atoms in total. The first-order valence-electron chi connectivity index (χ1n) is 9.33. The second-order valence-corrected chi connectivity index (χ2v) is 7.36. The van der Waals surface area contributed by atoms with Crippen molar-refractivity contribution >= 4 is 29.1 Å². The SMILES string of the molecule is COc1ccc(N2C(=O)C3N=NN(Cc4nc(-c5ccc(Cl)cc5)no4)C3C2=O)cc1. The molecule has 1 aromatic heterocycles. The van der Waals surface area contributed by atoms with Crippen LogP contribution in [0.2, 0.25) is 5.02 Å². The number of aromatic nitrogens is 2. The molecular formula is C20H15ClN6O4. The van der Waals surface area contributed by atoms with E-state index in [2.05, 4.69) is 20.5 Å². The Morgan fingerprint density at radius 1 is 1.06 bits per heavy atom. The average Bonchev–Trinajstić information content (AvgIpc) is 3.47. The number of ether oxygens (including phenoxy) is 1. The molecule has 0 saturated carbocycles. The standard InChI is InChI=1S/C20H15ClN6O4/c1-30-14-8-6-13(7-9-14)27-19(28)16-17(20(27)29)26(25-23-16)10-15-22-18(24-31-15)11-2-4-12(21)5-3-11/h2-9,16-17H,10H2,1H3. The monoisotopic (exact) mass is 438 g/mol. The number of carbonyl (C=O) groups excluding carboxylic acids is 2.